The van der Waals surface area contributed by atoms with E-state index in [1.165, 1.54) is 0 Å². The number of amides is 1. The maximum Gasteiger partial charge on any atom is 0.407 e. The van der Waals surface area contributed by atoms with Gasteiger partial charge < -0.3 is 24.2 Å². The molecule has 0 spiro atoms. The third kappa shape index (κ3) is 18.2. The first-order valence-corrected chi connectivity index (χ1v) is 11.0. The lowest BCUT2D eigenvalue weighted by molar-refractivity contribution is -0.154. The summed E-state index contributed by atoms with van der Waals surface area (Å²) in [5.41, 5.74) is -0.970. The van der Waals surface area contributed by atoms with Crippen LogP contribution < -0.4 is 5.32 Å². The molecule has 8 heteroatoms. The quantitative estimate of drug-likeness (QED) is 0.297. The highest BCUT2D eigenvalue weighted by molar-refractivity contribution is 7.46. The number of unbranched alkanes of at least 4 members (excludes halogenated alkanes) is 2. The minimum atomic E-state index is -1.50. The van der Waals surface area contributed by atoms with E-state index in [2.05, 4.69) is 5.32 Å². The van der Waals surface area contributed by atoms with Crippen molar-refractivity contribution in [2.24, 2.45) is 0 Å². The van der Waals surface area contributed by atoms with Gasteiger partial charge in [0.2, 0.25) is 0 Å². The Kier molecular flexibility index (Phi) is 12.1. The van der Waals surface area contributed by atoms with Gasteiger partial charge in [0.15, 0.2) is 8.38 Å². The molecule has 2 N–H and O–H groups in total. The molecule has 0 aliphatic carbocycles. The molecule has 0 saturated heterocycles. The van der Waals surface area contributed by atoms with Crippen molar-refractivity contribution >= 4 is 20.4 Å². The first-order chi connectivity index (χ1) is 12.3. The van der Waals surface area contributed by atoms with Crippen LogP contribution in [0.15, 0.2) is 0 Å². The topological polar surface area (TPSA) is 94.1 Å². The molecule has 0 saturated carbocycles. The number of hydrogen-bond acceptors (Lipinski definition) is 6. The lowest BCUT2D eigenvalue weighted by Gasteiger charge is -2.22. The second kappa shape index (κ2) is 12.5. The average molecular weight is 407 g/mol. The molecule has 0 rings (SSSR count). The fourth-order valence-corrected chi connectivity index (χ4v) is 3.14. The summed E-state index contributed by atoms with van der Waals surface area (Å²) in [4.78, 5) is 33.1. The molecule has 0 heterocycles. The summed E-state index contributed by atoms with van der Waals surface area (Å²) in [6, 6.07) is -0.102. The predicted octanol–water partition coefficient (Wildman–Crippen LogP) is 4.51. The van der Waals surface area contributed by atoms with E-state index in [4.69, 9.17) is 14.0 Å². The Hall–Kier alpha value is -0.910. The van der Waals surface area contributed by atoms with E-state index in [0.29, 0.717) is 25.6 Å². The molecule has 7 nitrogen and oxygen atoms in total. The molecule has 0 aliphatic rings. The van der Waals surface area contributed by atoms with Crippen LogP contribution in [0.25, 0.3) is 0 Å². The van der Waals surface area contributed by atoms with Crippen molar-refractivity contribution in [3.63, 3.8) is 0 Å². The highest BCUT2D eigenvalue weighted by Gasteiger charge is 2.18. The Balaban J connectivity index is 3.70. The van der Waals surface area contributed by atoms with Gasteiger partial charge in [-0.15, -0.1) is 0 Å². The first kappa shape index (κ1) is 26.1. The number of carbonyl (C=O) groups excluding carboxylic acids is 2. The molecular formula is C19H38NO6P. The van der Waals surface area contributed by atoms with Crippen molar-refractivity contribution in [1.29, 1.82) is 0 Å². The van der Waals surface area contributed by atoms with Crippen LogP contribution >= 0.6 is 8.38 Å². The third-order valence-electron chi connectivity index (χ3n) is 3.20. The standard InChI is InChI=1S/C19H38NO6P/c1-15(20-17(22)26-19(5,6)7)12-14-27(23)24-13-10-8-9-11-16(21)25-18(2,3)4/h15,23H,8-14H2,1-7H3,(H,20,22). The van der Waals surface area contributed by atoms with Crippen LogP contribution in [-0.2, 0) is 18.8 Å². The largest absolute Gasteiger partial charge is 0.460 e. The Labute approximate surface area is 165 Å². The van der Waals surface area contributed by atoms with E-state index in [-0.39, 0.29) is 12.0 Å². The van der Waals surface area contributed by atoms with Crippen LogP contribution in [0.4, 0.5) is 4.79 Å². The average Bonchev–Trinajstić information content (AvgIpc) is 2.44. The smallest absolute Gasteiger partial charge is 0.407 e. The van der Waals surface area contributed by atoms with Crippen LogP contribution in [0.3, 0.4) is 0 Å². The van der Waals surface area contributed by atoms with Crippen molar-refractivity contribution in [2.75, 3.05) is 12.8 Å². The van der Waals surface area contributed by atoms with Crippen molar-refractivity contribution in [3.05, 3.63) is 0 Å². The van der Waals surface area contributed by atoms with Crippen LogP contribution in [0.5, 0.6) is 0 Å². The second-order valence-corrected chi connectivity index (χ2v) is 10.1. The number of carbonyl (C=O) groups is 2. The minimum Gasteiger partial charge on any atom is -0.460 e. The maximum atomic E-state index is 11.7. The van der Waals surface area contributed by atoms with Crippen molar-refractivity contribution in [3.8, 4) is 0 Å². The monoisotopic (exact) mass is 407 g/mol. The van der Waals surface area contributed by atoms with Gasteiger partial charge in [0.05, 0.1) is 6.61 Å². The summed E-state index contributed by atoms with van der Waals surface area (Å²) in [6.07, 6.45) is 3.43. The third-order valence-corrected chi connectivity index (χ3v) is 4.32. The number of esters is 1. The summed E-state index contributed by atoms with van der Waals surface area (Å²) in [6.45, 7) is 13.3. The molecule has 1 amide bonds. The highest BCUT2D eigenvalue weighted by atomic mass is 31.2. The van der Waals surface area contributed by atoms with Gasteiger partial charge in [-0.1, -0.05) is 6.42 Å². The molecule has 2 atom stereocenters. The number of alkyl carbamates (subject to hydrolysis) is 1. The Morgan fingerprint density at radius 1 is 1.00 bits per heavy atom. The van der Waals surface area contributed by atoms with Crippen LogP contribution in [0.2, 0.25) is 0 Å². The van der Waals surface area contributed by atoms with Crippen LogP contribution in [0.1, 0.15) is 80.6 Å². The van der Waals surface area contributed by atoms with Gasteiger partial charge in [0.1, 0.15) is 11.2 Å². The number of nitrogens with one attached hydrogen (secondary N) is 1. The van der Waals surface area contributed by atoms with E-state index in [1.807, 2.05) is 48.5 Å². The Morgan fingerprint density at radius 2 is 1.59 bits per heavy atom. The lowest BCUT2D eigenvalue weighted by Crippen LogP contribution is -2.37. The number of rotatable bonds is 11. The van der Waals surface area contributed by atoms with E-state index in [1.54, 1.807) is 0 Å². The van der Waals surface area contributed by atoms with Gasteiger partial charge in [-0.3, -0.25) is 4.79 Å². The van der Waals surface area contributed by atoms with Gasteiger partial charge in [-0.25, -0.2) is 4.79 Å². The predicted molar refractivity (Wildman–Crippen MR) is 108 cm³/mol. The van der Waals surface area contributed by atoms with E-state index in [0.717, 1.165) is 19.3 Å². The number of ether oxygens (including phenoxy) is 2. The normalized spacial score (nSPS) is 14.4. The zero-order chi connectivity index (χ0) is 21.1. The molecular weight excluding hydrogens is 369 g/mol. The number of hydrogen-bond donors (Lipinski definition) is 2. The zero-order valence-electron chi connectivity index (χ0n) is 18.0. The lowest BCUT2D eigenvalue weighted by atomic mass is 10.1. The summed E-state index contributed by atoms with van der Waals surface area (Å²) >= 11 is 0. The van der Waals surface area contributed by atoms with Gasteiger partial charge in [0, 0.05) is 18.6 Å². The molecule has 0 aromatic rings. The zero-order valence-corrected chi connectivity index (χ0v) is 18.9. The molecule has 0 fully saturated rings. The summed E-state index contributed by atoms with van der Waals surface area (Å²) in [5, 5.41) is 2.74. The summed E-state index contributed by atoms with van der Waals surface area (Å²) in [5.74, 6) is -0.181. The van der Waals surface area contributed by atoms with Crippen molar-refractivity contribution < 1.29 is 28.5 Å². The second-order valence-electron chi connectivity index (χ2n) is 8.64. The fourth-order valence-electron chi connectivity index (χ4n) is 2.06. The first-order valence-electron chi connectivity index (χ1n) is 9.59. The van der Waals surface area contributed by atoms with Crippen LogP contribution in [-0.4, -0.2) is 47.0 Å². The molecule has 0 aliphatic heterocycles. The van der Waals surface area contributed by atoms with Crippen molar-refractivity contribution in [1.82, 2.24) is 5.32 Å². The molecule has 0 aromatic carbocycles. The van der Waals surface area contributed by atoms with E-state index in [9.17, 15) is 14.5 Å². The fraction of sp³-hybridized carbons (Fsp3) is 0.895. The van der Waals surface area contributed by atoms with Gasteiger partial charge in [-0.2, -0.15) is 0 Å². The Morgan fingerprint density at radius 3 is 2.15 bits per heavy atom. The van der Waals surface area contributed by atoms with Crippen molar-refractivity contribution in [2.45, 2.75) is 97.8 Å². The molecule has 0 bridgehead atoms. The van der Waals surface area contributed by atoms with Gasteiger partial charge in [0.25, 0.3) is 0 Å². The van der Waals surface area contributed by atoms with E-state index >= 15 is 0 Å². The van der Waals surface area contributed by atoms with Gasteiger partial charge >= 0.3 is 12.1 Å². The molecule has 0 radical (unpaired) electrons. The summed E-state index contributed by atoms with van der Waals surface area (Å²) in [7, 11) is -1.50. The molecule has 27 heavy (non-hydrogen) atoms. The Bertz CT molecular complexity index is 444. The molecule has 160 valence electrons. The molecule has 0 aromatic heterocycles. The maximum absolute atomic E-state index is 11.7. The SMILES string of the molecule is CC(CCP(O)OCCCCCC(=O)OC(C)(C)C)NC(=O)OC(C)(C)C. The van der Waals surface area contributed by atoms with Crippen LogP contribution in [0, 0.1) is 0 Å². The van der Waals surface area contributed by atoms with Gasteiger partial charge in [-0.05, 0) is 67.7 Å². The van der Waals surface area contributed by atoms with E-state index < -0.39 is 25.7 Å². The highest BCUT2D eigenvalue weighted by Crippen LogP contribution is 2.32. The summed E-state index contributed by atoms with van der Waals surface area (Å²) < 4.78 is 15.9. The molecule has 2 unspecified atom stereocenters. The minimum absolute atomic E-state index is 0.102.